The first kappa shape index (κ1) is 14.8. The molecule has 0 aromatic rings. The van der Waals surface area contributed by atoms with Gasteiger partial charge in [0.25, 0.3) is 0 Å². The van der Waals surface area contributed by atoms with E-state index in [0.717, 1.165) is 25.9 Å². The molecule has 1 aliphatic heterocycles. The van der Waals surface area contributed by atoms with Crippen molar-refractivity contribution in [2.45, 2.75) is 52.5 Å². The average Bonchev–Trinajstić information content (AvgIpc) is 2.27. The molecule has 5 heteroatoms. The molecule has 0 aromatic heterocycles. The highest BCUT2D eigenvalue weighted by molar-refractivity contribution is 5.76. The summed E-state index contributed by atoms with van der Waals surface area (Å²) in [6.45, 7) is 7.37. The molecule has 1 fully saturated rings. The Morgan fingerprint density at radius 2 is 1.78 bits per heavy atom. The third kappa shape index (κ3) is 4.55. The summed E-state index contributed by atoms with van der Waals surface area (Å²) in [6.07, 6.45) is 3.20. The number of carboxylic acid groups (broad SMARTS) is 1. The minimum Gasteiger partial charge on any atom is -0.481 e. The fraction of sp³-hybridized carbons (Fsp3) is 0.846. The third-order valence-electron chi connectivity index (χ3n) is 3.37. The van der Waals surface area contributed by atoms with Gasteiger partial charge >= 0.3 is 12.0 Å². The second-order valence-electron chi connectivity index (χ2n) is 6.01. The number of likely N-dealkylation sites (tertiary alicyclic amines) is 1. The standard InChI is InChI=1S/C13H24N2O3/c1-13(2,3)10(9-11(16)17)14-12(18)15-7-5-4-6-8-15/h10H,4-9H2,1-3H3,(H,14,18)(H,16,17). The lowest BCUT2D eigenvalue weighted by atomic mass is 9.85. The van der Waals surface area contributed by atoms with E-state index in [4.69, 9.17) is 5.11 Å². The van der Waals surface area contributed by atoms with Crippen LogP contribution >= 0.6 is 0 Å². The van der Waals surface area contributed by atoms with Crippen LogP contribution in [-0.4, -0.2) is 41.1 Å². The molecular formula is C13H24N2O3. The number of nitrogens with zero attached hydrogens (tertiary/aromatic N) is 1. The molecule has 1 heterocycles. The van der Waals surface area contributed by atoms with E-state index in [2.05, 4.69) is 5.32 Å². The molecule has 1 aliphatic rings. The van der Waals surface area contributed by atoms with Crippen molar-refractivity contribution >= 4 is 12.0 Å². The summed E-state index contributed by atoms with van der Waals surface area (Å²) in [6, 6.07) is -0.472. The summed E-state index contributed by atoms with van der Waals surface area (Å²) in [5.74, 6) is -0.881. The summed E-state index contributed by atoms with van der Waals surface area (Å²) >= 11 is 0. The van der Waals surface area contributed by atoms with Gasteiger partial charge in [-0.05, 0) is 24.7 Å². The Labute approximate surface area is 109 Å². The minimum absolute atomic E-state index is 0.0386. The SMILES string of the molecule is CC(C)(C)C(CC(=O)O)NC(=O)N1CCCCC1. The molecule has 0 radical (unpaired) electrons. The molecule has 0 bridgehead atoms. The molecule has 2 N–H and O–H groups in total. The van der Waals surface area contributed by atoms with Crippen molar-refractivity contribution in [2.24, 2.45) is 5.41 Å². The van der Waals surface area contributed by atoms with Gasteiger partial charge in [0, 0.05) is 19.1 Å². The predicted octanol–water partition coefficient (Wildman–Crippen LogP) is 2.07. The summed E-state index contributed by atoms with van der Waals surface area (Å²) in [5, 5.41) is 11.8. The molecule has 0 saturated carbocycles. The Kier molecular flexibility index (Phi) is 4.99. The monoisotopic (exact) mass is 256 g/mol. The maximum atomic E-state index is 12.1. The maximum Gasteiger partial charge on any atom is 0.317 e. The van der Waals surface area contributed by atoms with E-state index < -0.39 is 5.97 Å². The minimum atomic E-state index is -0.881. The second kappa shape index (κ2) is 6.07. The van der Waals surface area contributed by atoms with E-state index in [9.17, 15) is 9.59 Å². The van der Waals surface area contributed by atoms with Crippen molar-refractivity contribution in [2.75, 3.05) is 13.1 Å². The zero-order valence-electron chi connectivity index (χ0n) is 11.5. The van der Waals surface area contributed by atoms with E-state index >= 15 is 0 Å². The van der Waals surface area contributed by atoms with Gasteiger partial charge in [0.2, 0.25) is 0 Å². The van der Waals surface area contributed by atoms with Gasteiger partial charge in [-0.1, -0.05) is 20.8 Å². The number of rotatable bonds is 3. The van der Waals surface area contributed by atoms with E-state index in [1.807, 2.05) is 20.8 Å². The van der Waals surface area contributed by atoms with Crippen LogP contribution in [0.4, 0.5) is 4.79 Å². The van der Waals surface area contributed by atoms with Crippen LogP contribution in [-0.2, 0) is 4.79 Å². The summed E-state index contributed by atoms with van der Waals surface area (Å²) in [5.41, 5.74) is -0.260. The Morgan fingerprint density at radius 3 is 2.22 bits per heavy atom. The highest BCUT2D eigenvalue weighted by Gasteiger charge is 2.30. The highest BCUT2D eigenvalue weighted by atomic mass is 16.4. The molecule has 2 amide bonds. The van der Waals surface area contributed by atoms with Crippen molar-refractivity contribution in [1.29, 1.82) is 0 Å². The number of piperidine rings is 1. The molecule has 5 nitrogen and oxygen atoms in total. The first-order valence-electron chi connectivity index (χ1n) is 6.58. The topological polar surface area (TPSA) is 69.6 Å². The number of hydrogen-bond acceptors (Lipinski definition) is 2. The first-order valence-corrected chi connectivity index (χ1v) is 6.58. The molecule has 0 aliphatic carbocycles. The van der Waals surface area contributed by atoms with Crippen molar-refractivity contribution in [1.82, 2.24) is 10.2 Å². The van der Waals surface area contributed by atoms with Crippen LogP contribution in [0.5, 0.6) is 0 Å². The quantitative estimate of drug-likeness (QED) is 0.812. The van der Waals surface area contributed by atoms with Gasteiger partial charge in [0.15, 0.2) is 0 Å². The van der Waals surface area contributed by atoms with Gasteiger partial charge in [-0.3, -0.25) is 4.79 Å². The summed E-state index contributed by atoms with van der Waals surface area (Å²) in [7, 11) is 0. The van der Waals surface area contributed by atoms with Gasteiger partial charge in [0.05, 0.1) is 6.42 Å². The normalized spacial score (nSPS) is 18.3. The molecular weight excluding hydrogens is 232 g/mol. The zero-order valence-corrected chi connectivity index (χ0v) is 11.5. The summed E-state index contributed by atoms with van der Waals surface area (Å²) in [4.78, 5) is 24.7. The molecule has 0 aromatic carbocycles. The van der Waals surface area contributed by atoms with Crippen LogP contribution in [0, 0.1) is 5.41 Å². The number of urea groups is 1. The number of aliphatic carboxylic acids is 1. The van der Waals surface area contributed by atoms with Gasteiger partial charge in [-0.15, -0.1) is 0 Å². The van der Waals surface area contributed by atoms with E-state index in [0.29, 0.717) is 0 Å². The van der Waals surface area contributed by atoms with E-state index in [1.54, 1.807) is 4.90 Å². The third-order valence-corrected chi connectivity index (χ3v) is 3.37. The fourth-order valence-corrected chi connectivity index (χ4v) is 2.09. The molecule has 18 heavy (non-hydrogen) atoms. The molecule has 1 atom stereocenters. The number of carbonyl (C=O) groups excluding carboxylic acids is 1. The Balaban J connectivity index is 2.59. The number of carbonyl (C=O) groups is 2. The Morgan fingerprint density at radius 1 is 1.22 bits per heavy atom. The van der Waals surface area contributed by atoms with E-state index in [1.165, 1.54) is 6.42 Å². The molecule has 1 saturated heterocycles. The Hall–Kier alpha value is -1.26. The fourth-order valence-electron chi connectivity index (χ4n) is 2.09. The summed E-state index contributed by atoms with van der Waals surface area (Å²) < 4.78 is 0. The second-order valence-corrected chi connectivity index (χ2v) is 6.01. The van der Waals surface area contributed by atoms with Crippen LogP contribution in [0.25, 0.3) is 0 Å². The highest BCUT2D eigenvalue weighted by Crippen LogP contribution is 2.22. The van der Waals surface area contributed by atoms with Crippen LogP contribution in [0.2, 0.25) is 0 Å². The number of nitrogens with one attached hydrogen (secondary N) is 1. The van der Waals surface area contributed by atoms with Crippen LogP contribution in [0.15, 0.2) is 0 Å². The van der Waals surface area contributed by atoms with Gasteiger partial charge in [0.1, 0.15) is 0 Å². The lowest BCUT2D eigenvalue weighted by Gasteiger charge is -2.34. The molecule has 104 valence electrons. The van der Waals surface area contributed by atoms with Crippen molar-refractivity contribution in [3.05, 3.63) is 0 Å². The van der Waals surface area contributed by atoms with Crippen LogP contribution in [0.1, 0.15) is 46.5 Å². The largest absolute Gasteiger partial charge is 0.481 e. The smallest absolute Gasteiger partial charge is 0.317 e. The number of carboxylic acids is 1. The van der Waals surface area contributed by atoms with Crippen LogP contribution in [0.3, 0.4) is 0 Å². The lowest BCUT2D eigenvalue weighted by Crippen LogP contribution is -2.51. The Bertz CT molecular complexity index is 304. The molecule has 1 rings (SSSR count). The van der Waals surface area contributed by atoms with Crippen LogP contribution < -0.4 is 5.32 Å². The van der Waals surface area contributed by atoms with Crippen molar-refractivity contribution < 1.29 is 14.7 Å². The van der Waals surface area contributed by atoms with Gasteiger partial charge in [-0.2, -0.15) is 0 Å². The average molecular weight is 256 g/mol. The predicted molar refractivity (Wildman–Crippen MR) is 69.5 cm³/mol. The number of amides is 2. The first-order chi connectivity index (χ1) is 8.30. The number of hydrogen-bond donors (Lipinski definition) is 2. The van der Waals surface area contributed by atoms with Crippen molar-refractivity contribution in [3.8, 4) is 0 Å². The lowest BCUT2D eigenvalue weighted by molar-refractivity contribution is -0.138. The van der Waals surface area contributed by atoms with Crippen molar-refractivity contribution in [3.63, 3.8) is 0 Å². The van der Waals surface area contributed by atoms with Gasteiger partial charge < -0.3 is 15.3 Å². The van der Waals surface area contributed by atoms with E-state index in [-0.39, 0.29) is 23.9 Å². The molecule has 0 spiro atoms. The maximum absolute atomic E-state index is 12.1. The van der Waals surface area contributed by atoms with Gasteiger partial charge in [-0.25, -0.2) is 4.79 Å². The zero-order chi connectivity index (χ0) is 13.8. The molecule has 1 unspecified atom stereocenters.